The molecule has 8 heteroatoms. The topological polar surface area (TPSA) is 97.2 Å². The summed E-state index contributed by atoms with van der Waals surface area (Å²) in [5.74, 6) is -0.583. The van der Waals surface area contributed by atoms with Crippen molar-refractivity contribution >= 4 is 23.4 Å². The van der Waals surface area contributed by atoms with Crippen molar-refractivity contribution in [3.63, 3.8) is 0 Å². The molecule has 1 fully saturated rings. The van der Waals surface area contributed by atoms with E-state index in [1.807, 2.05) is 18.2 Å². The fraction of sp³-hybridized carbons (Fsp3) is 0.150. The molecule has 1 aromatic heterocycles. The Balaban J connectivity index is 1.48. The summed E-state index contributed by atoms with van der Waals surface area (Å²) in [4.78, 5) is 41.3. The average molecular weight is 375 g/mol. The minimum atomic E-state index is -0.271. The Labute approximate surface area is 160 Å². The Morgan fingerprint density at radius 2 is 1.71 bits per heavy atom. The highest BCUT2D eigenvalue weighted by Crippen LogP contribution is 2.20. The molecule has 3 amide bonds. The number of likely N-dealkylation sites (tertiary alicyclic amines) is 1. The molecule has 0 unspecified atom stereocenters. The molecule has 8 nitrogen and oxygen atoms in total. The molecule has 0 spiro atoms. The normalized spacial score (nSPS) is 13.8. The van der Waals surface area contributed by atoms with E-state index >= 15 is 0 Å². The number of aromatic nitrogens is 3. The first kappa shape index (κ1) is 17.6. The molecule has 1 aliphatic rings. The van der Waals surface area contributed by atoms with Crippen LogP contribution in [0, 0.1) is 0 Å². The van der Waals surface area contributed by atoms with E-state index in [4.69, 9.17) is 0 Å². The number of nitrogens with one attached hydrogen (secondary N) is 1. The number of hydrogen-bond donors (Lipinski definition) is 1. The van der Waals surface area contributed by atoms with Gasteiger partial charge >= 0.3 is 0 Å². The van der Waals surface area contributed by atoms with E-state index < -0.39 is 0 Å². The number of nitrogens with zero attached hydrogens (tertiary/aromatic N) is 4. The van der Waals surface area contributed by atoms with Gasteiger partial charge in [-0.05, 0) is 29.8 Å². The van der Waals surface area contributed by atoms with E-state index in [0.717, 1.165) is 5.56 Å². The zero-order valence-corrected chi connectivity index (χ0v) is 14.9. The highest BCUT2D eigenvalue weighted by molar-refractivity contribution is 6.05. The summed E-state index contributed by atoms with van der Waals surface area (Å²) in [6.07, 6.45) is 3.52. The second-order valence-electron chi connectivity index (χ2n) is 6.38. The Morgan fingerprint density at radius 3 is 2.39 bits per heavy atom. The van der Waals surface area contributed by atoms with Gasteiger partial charge in [-0.1, -0.05) is 24.3 Å². The van der Waals surface area contributed by atoms with E-state index in [1.165, 1.54) is 11.2 Å². The van der Waals surface area contributed by atoms with Gasteiger partial charge in [0.05, 0.1) is 17.9 Å². The number of anilines is 1. The summed E-state index contributed by atoms with van der Waals surface area (Å²) in [6, 6.07) is 14.1. The van der Waals surface area contributed by atoms with Crippen molar-refractivity contribution < 1.29 is 14.4 Å². The first-order chi connectivity index (χ1) is 13.6. The maximum Gasteiger partial charge on any atom is 0.255 e. The average Bonchev–Trinajstić information content (AvgIpc) is 3.35. The van der Waals surface area contributed by atoms with E-state index in [-0.39, 0.29) is 37.1 Å². The second kappa shape index (κ2) is 7.43. The van der Waals surface area contributed by atoms with Gasteiger partial charge in [-0.3, -0.25) is 19.3 Å². The Bertz CT molecular complexity index is 1010. The fourth-order valence-electron chi connectivity index (χ4n) is 3.05. The molecule has 140 valence electrons. The second-order valence-corrected chi connectivity index (χ2v) is 6.38. The third-order valence-corrected chi connectivity index (χ3v) is 4.53. The number of rotatable bonds is 5. The quantitative estimate of drug-likeness (QED) is 0.690. The Hall–Kier alpha value is -3.81. The number of hydrogen-bond acceptors (Lipinski definition) is 5. The predicted molar refractivity (Wildman–Crippen MR) is 101 cm³/mol. The molecule has 1 N–H and O–H groups in total. The smallest absolute Gasteiger partial charge is 0.255 e. The lowest BCUT2D eigenvalue weighted by molar-refractivity contribution is -0.139. The third kappa shape index (κ3) is 3.52. The monoisotopic (exact) mass is 375 g/mol. The van der Waals surface area contributed by atoms with Gasteiger partial charge in [-0.2, -0.15) is 5.10 Å². The number of imide groups is 1. The van der Waals surface area contributed by atoms with E-state index in [1.54, 1.807) is 41.3 Å². The first-order valence-electron chi connectivity index (χ1n) is 8.79. The van der Waals surface area contributed by atoms with Crippen LogP contribution in [0.5, 0.6) is 0 Å². The van der Waals surface area contributed by atoms with Crippen molar-refractivity contribution in [2.45, 2.75) is 19.4 Å². The minimum Gasteiger partial charge on any atom is -0.320 e. The van der Waals surface area contributed by atoms with Crippen LogP contribution in [0.15, 0.2) is 61.2 Å². The molecule has 4 rings (SSSR count). The lowest BCUT2D eigenvalue weighted by Gasteiger charge is -2.14. The standard InChI is InChI=1S/C20H17N5O3/c26-18-9-10-19(27)24(18)11-14-5-7-15(8-6-14)20(28)23-16-3-1-2-4-17(16)25-13-21-12-22-25/h1-8,12-13H,9-11H2,(H,23,28). The van der Waals surface area contributed by atoms with Crippen LogP contribution in [0.1, 0.15) is 28.8 Å². The van der Waals surface area contributed by atoms with Crippen LogP contribution in [-0.4, -0.2) is 37.4 Å². The molecule has 1 aliphatic heterocycles. The van der Waals surface area contributed by atoms with Gasteiger partial charge in [-0.15, -0.1) is 0 Å². The highest BCUT2D eigenvalue weighted by atomic mass is 16.2. The third-order valence-electron chi connectivity index (χ3n) is 4.53. The number of para-hydroxylation sites is 2. The number of amides is 3. The van der Waals surface area contributed by atoms with Crippen molar-refractivity contribution in [2.75, 3.05) is 5.32 Å². The van der Waals surface area contributed by atoms with Crippen molar-refractivity contribution in [1.82, 2.24) is 19.7 Å². The van der Waals surface area contributed by atoms with E-state index in [9.17, 15) is 14.4 Å². The van der Waals surface area contributed by atoms with Crippen LogP contribution in [0.3, 0.4) is 0 Å². The molecule has 0 radical (unpaired) electrons. The number of carbonyl (C=O) groups is 3. The molecule has 0 aliphatic carbocycles. The van der Waals surface area contributed by atoms with Gasteiger partial charge in [0.2, 0.25) is 11.8 Å². The molecule has 3 aromatic rings. The maximum atomic E-state index is 12.6. The zero-order chi connectivity index (χ0) is 19.5. The number of carbonyl (C=O) groups excluding carboxylic acids is 3. The summed E-state index contributed by atoms with van der Waals surface area (Å²) in [5, 5.41) is 6.97. The van der Waals surface area contributed by atoms with Crippen LogP contribution in [0.4, 0.5) is 5.69 Å². The Kier molecular flexibility index (Phi) is 4.67. The summed E-state index contributed by atoms with van der Waals surface area (Å²) < 4.78 is 1.57. The van der Waals surface area contributed by atoms with Crippen molar-refractivity contribution in [3.05, 3.63) is 72.3 Å². The van der Waals surface area contributed by atoms with Gasteiger partial charge in [-0.25, -0.2) is 9.67 Å². The predicted octanol–water partition coefficient (Wildman–Crippen LogP) is 2.17. The van der Waals surface area contributed by atoms with Gasteiger partial charge in [0.25, 0.3) is 5.91 Å². The first-order valence-corrected chi connectivity index (χ1v) is 8.79. The molecule has 0 saturated carbocycles. The molecule has 0 bridgehead atoms. The fourth-order valence-corrected chi connectivity index (χ4v) is 3.05. The van der Waals surface area contributed by atoms with Crippen LogP contribution in [-0.2, 0) is 16.1 Å². The lowest BCUT2D eigenvalue weighted by Crippen LogP contribution is -2.28. The lowest BCUT2D eigenvalue weighted by atomic mass is 10.1. The van der Waals surface area contributed by atoms with Crippen molar-refractivity contribution in [2.24, 2.45) is 0 Å². The molecule has 2 aromatic carbocycles. The zero-order valence-electron chi connectivity index (χ0n) is 14.9. The maximum absolute atomic E-state index is 12.6. The van der Waals surface area contributed by atoms with Gasteiger partial charge in [0.1, 0.15) is 12.7 Å². The molecular formula is C20H17N5O3. The van der Waals surface area contributed by atoms with Crippen LogP contribution in [0.25, 0.3) is 5.69 Å². The van der Waals surface area contributed by atoms with Gasteiger partial charge in [0.15, 0.2) is 0 Å². The summed E-state index contributed by atoms with van der Waals surface area (Å²) >= 11 is 0. The van der Waals surface area contributed by atoms with Crippen LogP contribution in [0.2, 0.25) is 0 Å². The van der Waals surface area contributed by atoms with Gasteiger partial charge < -0.3 is 5.32 Å². The Morgan fingerprint density at radius 1 is 1.00 bits per heavy atom. The summed E-state index contributed by atoms with van der Waals surface area (Å²) in [7, 11) is 0. The van der Waals surface area contributed by atoms with E-state index in [0.29, 0.717) is 16.9 Å². The molecule has 1 saturated heterocycles. The van der Waals surface area contributed by atoms with Crippen molar-refractivity contribution in [1.29, 1.82) is 0 Å². The van der Waals surface area contributed by atoms with Crippen LogP contribution >= 0.6 is 0 Å². The van der Waals surface area contributed by atoms with E-state index in [2.05, 4.69) is 15.4 Å². The minimum absolute atomic E-state index is 0.156. The largest absolute Gasteiger partial charge is 0.320 e. The van der Waals surface area contributed by atoms with Gasteiger partial charge in [0, 0.05) is 18.4 Å². The highest BCUT2D eigenvalue weighted by Gasteiger charge is 2.28. The molecular weight excluding hydrogens is 358 g/mol. The summed E-state index contributed by atoms with van der Waals surface area (Å²) in [5.41, 5.74) is 2.57. The molecule has 28 heavy (non-hydrogen) atoms. The van der Waals surface area contributed by atoms with Crippen LogP contribution < -0.4 is 5.32 Å². The summed E-state index contributed by atoms with van der Waals surface area (Å²) in [6.45, 7) is 0.231. The SMILES string of the molecule is O=C(Nc1ccccc1-n1cncn1)c1ccc(CN2C(=O)CCC2=O)cc1. The molecule has 0 atom stereocenters. The molecule has 2 heterocycles. The number of benzene rings is 2. The van der Waals surface area contributed by atoms with Crippen molar-refractivity contribution in [3.8, 4) is 5.69 Å².